The topological polar surface area (TPSA) is 38.5 Å². The molecule has 106 valence electrons. The third kappa shape index (κ3) is 3.37. The van der Waals surface area contributed by atoms with Crippen LogP contribution in [0.15, 0.2) is 28.7 Å². The van der Waals surface area contributed by atoms with E-state index in [1.165, 1.54) is 5.56 Å². The fraction of sp³-hybridized carbons (Fsp3) is 0.600. The summed E-state index contributed by atoms with van der Waals surface area (Å²) in [4.78, 5) is 2.48. The summed E-state index contributed by atoms with van der Waals surface area (Å²) < 4.78 is 6.71. The van der Waals surface area contributed by atoms with Gasteiger partial charge in [-0.1, -0.05) is 28.1 Å². The van der Waals surface area contributed by atoms with E-state index in [4.69, 9.17) is 10.5 Å². The number of nitrogens with zero attached hydrogens (tertiary/aromatic N) is 1. The van der Waals surface area contributed by atoms with Crippen LogP contribution < -0.4 is 5.73 Å². The molecule has 0 aliphatic carbocycles. The van der Waals surface area contributed by atoms with Crippen LogP contribution in [0.2, 0.25) is 0 Å². The Bertz CT molecular complexity index is 434. The number of benzene rings is 1. The molecule has 0 saturated carbocycles. The van der Waals surface area contributed by atoms with Crippen LogP contribution in [0.4, 0.5) is 0 Å². The highest BCUT2D eigenvalue weighted by atomic mass is 79.9. The van der Waals surface area contributed by atoms with Gasteiger partial charge in [0.15, 0.2) is 0 Å². The number of rotatable bonds is 3. The molecular formula is C15H23BrN2O. The molecule has 1 aromatic rings. The van der Waals surface area contributed by atoms with Gasteiger partial charge in [-0.3, -0.25) is 4.90 Å². The average Bonchev–Trinajstić information content (AvgIpc) is 2.31. The summed E-state index contributed by atoms with van der Waals surface area (Å²) >= 11 is 3.55. The van der Waals surface area contributed by atoms with Crippen LogP contribution in [-0.4, -0.2) is 36.2 Å². The molecule has 2 N–H and O–H groups in total. The van der Waals surface area contributed by atoms with Gasteiger partial charge in [0.25, 0.3) is 0 Å². The molecule has 2 atom stereocenters. The summed E-state index contributed by atoms with van der Waals surface area (Å²) in [7, 11) is 0. The maximum absolute atomic E-state index is 6.27. The molecule has 1 saturated heterocycles. The van der Waals surface area contributed by atoms with Crippen molar-refractivity contribution in [3.63, 3.8) is 0 Å². The lowest BCUT2D eigenvalue weighted by Gasteiger charge is -2.48. The van der Waals surface area contributed by atoms with Gasteiger partial charge in [0.1, 0.15) is 0 Å². The molecule has 0 bridgehead atoms. The standard InChI is InChI=1S/C15H23BrN2O/c1-11(17)14(12-5-4-6-13(16)9-12)18-7-8-19-10-15(18,2)3/h4-6,9,11,14H,7-8,10,17H2,1-3H3. The van der Waals surface area contributed by atoms with Crippen molar-refractivity contribution in [2.24, 2.45) is 5.73 Å². The third-order valence-electron chi connectivity index (χ3n) is 3.73. The Morgan fingerprint density at radius 1 is 1.42 bits per heavy atom. The fourth-order valence-corrected chi connectivity index (χ4v) is 3.26. The fourth-order valence-electron chi connectivity index (χ4n) is 2.84. The molecule has 1 aromatic carbocycles. The Morgan fingerprint density at radius 2 is 2.16 bits per heavy atom. The van der Waals surface area contributed by atoms with Crippen molar-refractivity contribution in [3.8, 4) is 0 Å². The number of hydrogen-bond acceptors (Lipinski definition) is 3. The summed E-state index contributed by atoms with van der Waals surface area (Å²) in [5.41, 5.74) is 7.55. The molecule has 1 fully saturated rings. The molecule has 0 spiro atoms. The van der Waals surface area contributed by atoms with E-state index in [1.807, 2.05) is 6.07 Å². The largest absolute Gasteiger partial charge is 0.378 e. The predicted octanol–water partition coefficient (Wildman–Crippen LogP) is 2.95. The van der Waals surface area contributed by atoms with Gasteiger partial charge >= 0.3 is 0 Å². The van der Waals surface area contributed by atoms with Gasteiger partial charge in [-0.25, -0.2) is 0 Å². The number of ether oxygens (including phenoxy) is 1. The average molecular weight is 327 g/mol. The first-order valence-corrected chi connectivity index (χ1v) is 7.56. The Labute approximate surface area is 124 Å². The van der Waals surface area contributed by atoms with Crippen LogP contribution in [0.1, 0.15) is 32.4 Å². The molecule has 0 radical (unpaired) electrons. The van der Waals surface area contributed by atoms with Crippen molar-refractivity contribution < 1.29 is 4.74 Å². The van der Waals surface area contributed by atoms with E-state index in [2.05, 4.69) is 59.8 Å². The van der Waals surface area contributed by atoms with Gasteiger partial charge in [0.2, 0.25) is 0 Å². The molecule has 0 aromatic heterocycles. The first-order valence-electron chi connectivity index (χ1n) is 6.77. The van der Waals surface area contributed by atoms with Gasteiger partial charge < -0.3 is 10.5 Å². The lowest BCUT2D eigenvalue weighted by atomic mass is 9.92. The van der Waals surface area contributed by atoms with Crippen molar-refractivity contribution in [2.45, 2.75) is 38.4 Å². The quantitative estimate of drug-likeness (QED) is 0.928. The first kappa shape index (κ1) is 15.0. The second-order valence-electron chi connectivity index (χ2n) is 5.92. The van der Waals surface area contributed by atoms with Crippen LogP contribution in [0.3, 0.4) is 0 Å². The van der Waals surface area contributed by atoms with E-state index in [0.717, 1.165) is 24.2 Å². The maximum Gasteiger partial charge on any atom is 0.0645 e. The van der Waals surface area contributed by atoms with Gasteiger partial charge in [-0.15, -0.1) is 0 Å². The van der Waals surface area contributed by atoms with E-state index in [0.29, 0.717) is 0 Å². The summed E-state index contributed by atoms with van der Waals surface area (Å²) in [5, 5.41) is 0. The van der Waals surface area contributed by atoms with Gasteiger partial charge in [0.05, 0.1) is 19.3 Å². The highest BCUT2D eigenvalue weighted by Crippen LogP contribution is 2.33. The van der Waals surface area contributed by atoms with Crippen molar-refractivity contribution in [1.82, 2.24) is 4.90 Å². The summed E-state index contributed by atoms with van der Waals surface area (Å²) in [5.74, 6) is 0. The Morgan fingerprint density at radius 3 is 2.74 bits per heavy atom. The molecular weight excluding hydrogens is 304 g/mol. The maximum atomic E-state index is 6.27. The second kappa shape index (κ2) is 5.92. The Balaban J connectivity index is 2.34. The van der Waals surface area contributed by atoms with Crippen molar-refractivity contribution in [2.75, 3.05) is 19.8 Å². The van der Waals surface area contributed by atoms with Crippen LogP contribution in [0.25, 0.3) is 0 Å². The molecule has 1 heterocycles. The number of halogens is 1. The number of hydrogen-bond donors (Lipinski definition) is 1. The minimum Gasteiger partial charge on any atom is -0.378 e. The van der Waals surface area contributed by atoms with Crippen LogP contribution >= 0.6 is 15.9 Å². The van der Waals surface area contributed by atoms with Crippen LogP contribution in [0.5, 0.6) is 0 Å². The SMILES string of the molecule is CC(N)C(c1cccc(Br)c1)N1CCOCC1(C)C. The highest BCUT2D eigenvalue weighted by molar-refractivity contribution is 9.10. The minimum atomic E-state index is 0.0128. The zero-order valence-corrected chi connectivity index (χ0v) is 13.5. The third-order valence-corrected chi connectivity index (χ3v) is 4.23. The predicted molar refractivity (Wildman–Crippen MR) is 82.1 cm³/mol. The highest BCUT2D eigenvalue weighted by Gasteiger charge is 2.37. The van der Waals surface area contributed by atoms with Gasteiger partial charge in [0, 0.05) is 22.6 Å². The lowest BCUT2D eigenvalue weighted by Crippen LogP contribution is -2.57. The molecule has 2 unspecified atom stereocenters. The van der Waals surface area contributed by atoms with E-state index in [9.17, 15) is 0 Å². The number of morpholine rings is 1. The van der Waals surface area contributed by atoms with Crippen LogP contribution in [-0.2, 0) is 4.74 Å². The Kier molecular flexibility index (Phi) is 4.66. The van der Waals surface area contributed by atoms with Crippen molar-refractivity contribution in [1.29, 1.82) is 0 Å². The summed E-state index contributed by atoms with van der Waals surface area (Å²) in [6.07, 6.45) is 0. The van der Waals surface area contributed by atoms with Crippen molar-refractivity contribution >= 4 is 15.9 Å². The second-order valence-corrected chi connectivity index (χ2v) is 6.83. The van der Waals surface area contributed by atoms with Gasteiger partial charge in [-0.05, 0) is 38.5 Å². The zero-order valence-electron chi connectivity index (χ0n) is 11.9. The summed E-state index contributed by atoms with van der Waals surface area (Å²) in [6.45, 7) is 8.98. The number of nitrogens with two attached hydrogens (primary N) is 1. The molecule has 4 heteroatoms. The molecule has 1 aliphatic heterocycles. The molecule has 0 amide bonds. The van der Waals surface area contributed by atoms with Crippen molar-refractivity contribution in [3.05, 3.63) is 34.3 Å². The smallest absolute Gasteiger partial charge is 0.0645 e. The lowest BCUT2D eigenvalue weighted by molar-refractivity contribution is -0.0766. The van der Waals surface area contributed by atoms with E-state index in [1.54, 1.807) is 0 Å². The van der Waals surface area contributed by atoms with E-state index in [-0.39, 0.29) is 17.6 Å². The first-order chi connectivity index (χ1) is 8.92. The molecule has 1 aliphatic rings. The van der Waals surface area contributed by atoms with Crippen LogP contribution in [0, 0.1) is 0 Å². The molecule has 3 nitrogen and oxygen atoms in total. The van der Waals surface area contributed by atoms with E-state index < -0.39 is 0 Å². The molecule has 2 rings (SSSR count). The van der Waals surface area contributed by atoms with Gasteiger partial charge in [-0.2, -0.15) is 0 Å². The normalized spacial score (nSPS) is 23.0. The van der Waals surface area contributed by atoms with E-state index >= 15 is 0 Å². The zero-order chi connectivity index (χ0) is 14.0. The minimum absolute atomic E-state index is 0.0128. The monoisotopic (exact) mass is 326 g/mol. The molecule has 19 heavy (non-hydrogen) atoms. The summed E-state index contributed by atoms with van der Waals surface area (Å²) in [6, 6.07) is 8.74. The Hall–Kier alpha value is -0.420.